The van der Waals surface area contributed by atoms with Crippen LogP contribution < -0.4 is 4.90 Å². The average molecular weight is 430 g/mol. The Kier molecular flexibility index (Phi) is 11.7. The van der Waals surface area contributed by atoms with E-state index in [2.05, 4.69) is 6.92 Å². The fourth-order valence-corrected chi connectivity index (χ4v) is 3.83. The SMILES string of the molecule is CCCCCCCCCC(=O)N(C(=O)O)c1ccccc1SCC(Cl)C(=O)O. The molecule has 0 fully saturated rings. The summed E-state index contributed by atoms with van der Waals surface area (Å²) in [6, 6.07) is 6.55. The van der Waals surface area contributed by atoms with Crippen LogP contribution in [0.3, 0.4) is 0 Å². The minimum Gasteiger partial charge on any atom is -0.480 e. The van der Waals surface area contributed by atoms with Crippen LogP contribution >= 0.6 is 23.4 Å². The van der Waals surface area contributed by atoms with Gasteiger partial charge in [0.2, 0.25) is 5.91 Å². The minimum absolute atomic E-state index is 0.0628. The fourth-order valence-electron chi connectivity index (χ4n) is 2.69. The van der Waals surface area contributed by atoms with Crippen molar-refractivity contribution in [2.45, 2.75) is 68.6 Å². The number of amides is 2. The summed E-state index contributed by atoms with van der Waals surface area (Å²) >= 11 is 6.85. The summed E-state index contributed by atoms with van der Waals surface area (Å²) in [6.07, 6.45) is 6.11. The zero-order chi connectivity index (χ0) is 20.9. The Balaban J connectivity index is 2.71. The lowest BCUT2D eigenvalue weighted by Gasteiger charge is -2.20. The number of anilines is 1. The van der Waals surface area contributed by atoms with Crippen LogP contribution in [0.5, 0.6) is 0 Å². The standard InChI is InChI=1S/C20H28ClNO5S/c1-2-3-4-5-6-7-8-13-18(23)22(20(26)27)16-11-9-10-12-17(16)28-14-15(21)19(24)25/h9-12,15H,2-8,13-14H2,1H3,(H,24,25)(H,26,27). The van der Waals surface area contributed by atoms with Crippen LogP contribution in [-0.2, 0) is 9.59 Å². The number of benzene rings is 1. The van der Waals surface area contributed by atoms with Crippen LogP contribution in [0.2, 0.25) is 0 Å². The van der Waals surface area contributed by atoms with Crippen LogP contribution in [0.25, 0.3) is 0 Å². The number of rotatable bonds is 13. The highest BCUT2D eigenvalue weighted by Crippen LogP contribution is 2.32. The van der Waals surface area contributed by atoms with Crippen LogP contribution in [0.4, 0.5) is 10.5 Å². The van der Waals surface area contributed by atoms with E-state index in [1.165, 1.54) is 19.3 Å². The van der Waals surface area contributed by atoms with Crippen molar-refractivity contribution in [3.05, 3.63) is 24.3 Å². The lowest BCUT2D eigenvalue weighted by atomic mass is 10.1. The quantitative estimate of drug-likeness (QED) is 0.240. The highest BCUT2D eigenvalue weighted by atomic mass is 35.5. The van der Waals surface area contributed by atoms with Crippen molar-refractivity contribution in [2.24, 2.45) is 0 Å². The van der Waals surface area contributed by atoms with E-state index in [4.69, 9.17) is 16.7 Å². The van der Waals surface area contributed by atoms with Crippen LogP contribution in [-0.4, -0.2) is 39.3 Å². The number of para-hydroxylation sites is 1. The number of carbonyl (C=O) groups excluding carboxylic acids is 1. The molecule has 2 amide bonds. The Morgan fingerprint density at radius 1 is 1.04 bits per heavy atom. The molecule has 28 heavy (non-hydrogen) atoms. The number of hydrogen-bond acceptors (Lipinski definition) is 4. The molecule has 0 aliphatic heterocycles. The first kappa shape index (κ1) is 24.3. The molecule has 0 aliphatic rings. The number of alkyl halides is 1. The van der Waals surface area contributed by atoms with Gasteiger partial charge in [0, 0.05) is 17.1 Å². The lowest BCUT2D eigenvalue weighted by molar-refractivity contribution is -0.136. The van der Waals surface area contributed by atoms with Gasteiger partial charge in [0.15, 0.2) is 0 Å². The topological polar surface area (TPSA) is 94.9 Å². The second kappa shape index (κ2) is 13.4. The summed E-state index contributed by atoms with van der Waals surface area (Å²) in [7, 11) is 0. The first-order valence-corrected chi connectivity index (χ1v) is 10.9. The van der Waals surface area contributed by atoms with Gasteiger partial charge in [0.05, 0.1) is 5.69 Å². The van der Waals surface area contributed by atoms with E-state index in [0.29, 0.717) is 11.3 Å². The maximum atomic E-state index is 12.5. The molecule has 0 aliphatic carbocycles. The molecule has 0 spiro atoms. The van der Waals surface area contributed by atoms with Crippen molar-refractivity contribution in [3.63, 3.8) is 0 Å². The molecule has 0 heterocycles. The van der Waals surface area contributed by atoms with Gasteiger partial charge in [-0.2, -0.15) is 0 Å². The molecule has 0 aromatic heterocycles. The molecule has 0 bridgehead atoms. The first-order chi connectivity index (χ1) is 13.4. The fraction of sp³-hybridized carbons (Fsp3) is 0.550. The third-order valence-electron chi connectivity index (χ3n) is 4.19. The van der Waals surface area contributed by atoms with E-state index in [9.17, 15) is 19.5 Å². The summed E-state index contributed by atoms with van der Waals surface area (Å²) in [5.41, 5.74) is 0.238. The predicted molar refractivity (Wildman–Crippen MR) is 113 cm³/mol. The number of unbranched alkanes of at least 4 members (excludes halogenated alkanes) is 6. The maximum Gasteiger partial charge on any atom is 0.418 e. The first-order valence-electron chi connectivity index (χ1n) is 9.53. The van der Waals surface area contributed by atoms with Gasteiger partial charge in [-0.1, -0.05) is 57.6 Å². The Morgan fingerprint density at radius 2 is 1.64 bits per heavy atom. The van der Waals surface area contributed by atoms with Crippen molar-refractivity contribution in [3.8, 4) is 0 Å². The van der Waals surface area contributed by atoms with Crippen LogP contribution in [0.15, 0.2) is 29.2 Å². The summed E-state index contributed by atoms with van der Waals surface area (Å²) in [5, 5.41) is 17.4. The van der Waals surface area contributed by atoms with E-state index in [-0.39, 0.29) is 17.9 Å². The summed E-state index contributed by atoms with van der Waals surface area (Å²) < 4.78 is 0. The van der Waals surface area contributed by atoms with Crippen LogP contribution in [0.1, 0.15) is 58.3 Å². The number of carbonyl (C=O) groups is 3. The molecule has 6 nitrogen and oxygen atoms in total. The molecule has 1 rings (SSSR count). The molecule has 0 radical (unpaired) electrons. The van der Waals surface area contributed by atoms with E-state index in [1.54, 1.807) is 24.3 Å². The Labute approximate surface area is 175 Å². The highest BCUT2D eigenvalue weighted by Gasteiger charge is 2.25. The van der Waals surface area contributed by atoms with Gasteiger partial charge in [0.25, 0.3) is 0 Å². The molecule has 2 N–H and O–H groups in total. The molecule has 1 atom stereocenters. The zero-order valence-corrected chi connectivity index (χ0v) is 17.7. The zero-order valence-electron chi connectivity index (χ0n) is 16.1. The molecule has 0 saturated heterocycles. The monoisotopic (exact) mass is 429 g/mol. The summed E-state index contributed by atoms with van der Waals surface area (Å²) in [4.78, 5) is 36.4. The van der Waals surface area contributed by atoms with Gasteiger partial charge in [-0.05, 0) is 18.6 Å². The van der Waals surface area contributed by atoms with Crippen LogP contribution in [0, 0.1) is 0 Å². The molecule has 1 aromatic carbocycles. The molecule has 1 unspecified atom stereocenters. The largest absolute Gasteiger partial charge is 0.480 e. The third-order valence-corrected chi connectivity index (χ3v) is 5.87. The van der Waals surface area contributed by atoms with Crippen molar-refractivity contribution in [1.29, 1.82) is 0 Å². The van der Waals surface area contributed by atoms with Gasteiger partial charge in [-0.3, -0.25) is 9.59 Å². The Morgan fingerprint density at radius 3 is 2.25 bits per heavy atom. The summed E-state index contributed by atoms with van der Waals surface area (Å²) in [6.45, 7) is 2.16. The number of carboxylic acid groups (broad SMARTS) is 2. The molecule has 0 saturated carbocycles. The normalized spacial score (nSPS) is 11.8. The van der Waals surface area contributed by atoms with Gasteiger partial charge < -0.3 is 10.2 Å². The van der Waals surface area contributed by atoms with Crippen molar-refractivity contribution in [2.75, 3.05) is 10.7 Å². The molecule has 8 heteroatoms. The summed E-state index contributed by atoms with van der Waals surface area (Å²) in [5.74, 6) is -1.56. The maximum absolute atomic E-state index is 12.5. The second-order valence-electron chi connectivity index (χ2n) is 6.47. The lowest BCUT2D eigenvalue weighted by Crippen LogP contribution is -2.36. The Hall–Kier alpha value is -1.73. The number of aliphatic carboxylic acids is 1. The second-order valence-corrected chi connectivity index (χ2v) is 8.06. The van der Waals surface area contributed by atoms with Gasteiger partial charge in [0.1, 0.15) is 5.38 Å². The highest BCUT2D eigenvalue weighted by molar-refractivity contribution is 7.99. The molecular formula is C20H28ClNO5S. The number of imide groups is 1. The molecule has 1 aromatic rings. The van der Waals surface area contributed by atoms with E-state index in [1.807, 2.05) is 0 Å². The Bertz CT molecular complexity index is 655. The minimum atomic E-state index is -1.35. The van der Waals surface area contributed by atoms with Crippen molar-refractivity contribution in [1.82, 2.24) is 0 Å². The van der Waals surface area contributed by atoms with Crippen molar-refractivity contribution >= 4 is 47.0 Å². The van der Waals surface area contributed by atoms with Crippen molar-refractivity contribution < 1.29 is 24.6 Å². The van der Waals surface area contributed by atoms with Gasteiger partial charge in [-0.15, -0.1) is 23.4 Å². The van der Waals surface area contributed by atoms with E-state index >= 15 is 0 Å². The van der Waals surface area contributed by atoms with E-state index < -0.39 is 23.3 Å². The number of halogens is 1. The molecular weight excluding hydrogens is 402 g/mol. The smallest absolute Gasteiger partial charge is 0.418 e. The van der Waals surface area contributed by atoms with E-state index in [0.717, 1.165) is 35.9 Å². The molecule has 156 valence electrons. The number of nitrogens with zero attached hydrogens (tertiary/aromatic N) is 1. The third kappa shape index (κ3) is 8.52. The number of hydrogen-bond donors (Lipinski definition) is 2. The average Bonchev–Trinajstić information content (AvgIpc) is 2.66. The van der Waals surface area contributed by atoms with Gasteiger partial charge >= 0.3 is 12.1 Å². The predicted octanol–water partition coefficient (Wildman–Crippen LogP) is 5.62. The number of carboxylic acids is 1. The number of thioether (sulfide) groups is 1. The van der Waals surface area contributed by atoms with Gasteiger partial charge in [-0.25, -0.2) is 9.69 Å².